The molecule has 0 fully saturated rings. The number of carbonyl (C=O) groups excluding carboxylic acids is 12. The molecule has 0 saturated heterocycles. The van der Waals surface area contributed by atoms with E-state index >= 15 is 57.5 Å². The van der Waals surface area contributed by atoms with Gasteiger partial charge in [0.1, 0.15) is 0 Å². The molecule has 9 heterocycles. The lowest BCUT2D eigenvalue weighted by molar-refractivity contribution is 0.0588. The van der Waals surface area contributed by atoms with Crippen molar-refractivity contribution in [3.8, 4) is 31.3 Å². The van der Waals surface area contributed by atoms with Gasteiger partial charge in [0, 0.05) is 150 Å². The molecule has 16 rings (SSSR count). The van der Waals surface area contributed by atoms with Crippen LogP contribution in [0.1, 0.15) is 397 Å². The molecule has 0 unspecified atom stereocenters. The number of unbranched alkanes of at least 4 members (excludes halogenated alkanes) is 30. The second-order valence-electron chi connectivity index (χ2n) is 35.0. The molecule has 18 nitrogen and oxygen atoms in total. The molecule has 0 atom stereocenters. The van der Waals surface area contributed by atoms with E-state index in [4.69, 9.17) is 0 Å². The molecule has 3 aromatic heterocycles. The van der Waals surface area contributed by atoms with Crippen molar-refractivity contribution in [2.45, 2.75) is 273 Å². The van der Waals surface area contributed by atoms with Crippen molar-refractivity contribution in [1.82, 2.24) is 29.4 Å². The first-order valence-electron chi connectivity index (χ1n) is 46.4. The van der Waals surface area contributed by atoms with Crippen LogP contribution in [-0.2, 0) is 0 Å². The normalized spacial score (nSPS) is 15.1. The van der Waals surface area contributed by atoms with Crippen molar-refractivity contribution in [2.24, 2.45) is 0 Å². The molecule has 642 valence electrons. The van der Waals surface area contributed by atoms with Crippen molar-refractivity contribution < 1.29 is 57.5 Å². The topological polar surface area (TPSA) is 224 Å². The zero-order chi connectivity index (χ0) is 86.0. The summed E-state index contributed by atoms with van der Waals surface area (Å²) < 4.78 is 1.37. The fourth-order valence-corrected chi connectivity index (χ4v) is 23.6. The molecule has 0 bridgehead atoms. The van der Waals surface area contributed by atoms with Crippen molar-refractivity contribution in [3.63, 3.8) is 0 Å². The molecule has 0 radical (unpaired) electrons. The molecule has 0 saturated carbocycles. The first-order chi connectivity index (χ1) is 59.9. The lowest BCUT2D eigenvalue weighted by Gasteiger charge is -2.32. The maximum Gasteiger partial charge on any atom is 0.262 e. The molecule has 12 amide bonds. The number of rotatable bonds is 45. The highest BCUT2D eigenvalue weighted by molar-refractivity contribution is 7.24. The van der Waals surface area contributed by atoms with Crippen LogP contribution in [0.3, 0.4) is 0 Å². The first-order valence-corrected chi connectivity index (χ1v) is 48.9. The van der Waals surface area contributed by atoms with Crippen LogP contribution in [0.15, 0.2) is 72.8 Å². The second-order valence-corrected chi connectivity index (χ2v) is 38.2. The van der Waals surface area contributed by atoms with E-state index in [9.17, 15) is 0 Å². The van der Waals surface area contributed by atoms with Gasteiger partial charge in [0.15, 0.2) is 0 Å². The van der Waals surface area contributed by atoms with Gasteiger partial charge in [-0.05, 0) is 128 Å². The number of thiophene rings is 3. The number of fused-ring (bicyclic) bond motifs is 9. The Kier molecular flexibility index (Phi) is 26.6. The minimum Gasteiger partial charge on any atom is -0.274 e. The molecule has 0 spiro atoms. The molecule has 7 aromatic carbocycles. The number of imide groups is 6. The van der Waals surface area contributed by atoms with Crippen LogP contribution < -0.4 is 0 Å². The molecular formula is C102H114N6O12S3. The van der Waals surface area contributed by atoms with Crippen molar-refractivity contribution in [1.29, 1.82) is 0 Å². The predicted molar refractivity (Wildman–Crippen MR) is 494 cm³/mol. The smallest absolute Gasteiger partial charge is 0.262 e. The van der Waals surface area contributed by atoms with Gasteiger partial charge >= 0.3 is 0 Å². The fraction of sp³-hybridized carbons (Fsp3) is 0.471. The number of hydrogen-bond donors (Lipinski definition) is 0. The van der Waals surface area contributed by atoms with Crippen LogP contribution in [0.5, 0.6) is 0 Å². The third-order valence-corrected chi connectivity index (χ3v) is 30.2. The van der Waals surface area contributed by atoms with Crippen LogP contribution in [0.25, 0.3) is 93.9 Å². The van der Waals surface area contributed by atoms with E-state index in [1.54, 1.807) is 36.4 Å². The van der Waals surface area contributed by atoms with Crippen molar-refractivity contribution in [2.75, 3.05) is 39.3 Å². The third-order valence-electron chi connectivity index (χ3n) is 26.6. The summed E-state index contributed by atoms with van der Waals surface area (Å²) in [5.41, 5.74) is 4.47. The average Bonchev–Trinajstić information content (AvgIpc) is 1.69. The van der Waals surface area contributed by atoms with Gasteiger partial charge in [-0.2, -0.15) is 0 Å². The zero-order valence-electron chi connectivity index (χ0n) is 72.4. The SMILES string of the molecule is CCCCCCCCN1C(=O)c2ccc3c4c(c5sc(-c6cc(-c7cc8c9c%10c(ccc%11c%10c(c8s7)C(=O)N(CCCCCCCC)C%11=O)C(=O)N(CCCCCCCC)C9=O)cc(-c7cc8c9c%10c(ccc%11c%10c(c8s7)C(=O)N(CCCCCCCC)C%11=O)C(=O)N(CCCCCCCC)C9=O)c6)cc5c(c24)C1=O)C(=O)N(CCCCCCCC)C3=O. The summed E-state index contributed by atoms with van der Waals surface area (Å²) in [6.45, 7) is 13.9. The van der Waals surface area contributed by atoms with Crippen LogP contribution in [0.4, 0.5) is 0 Å². The van der Waals surface area contributed by atoms with Crippen molar-refractivity contribution in [3.05, 3.63) is 140 Å². The van der Waals surface area contributed by atoms with E-state index in [1.165, 1.54) is 63.4 Å². The molecular weight excluding hydrogens is 1600 g/mol. The summed E-state index contributed by atoms with van der Waals surface area (Å²) in [6.07, 6.45) is 32.8. The summed E-state index contributed by atoms with van der Waals surface area (Å²) in [5.74, 6) is -6.08. The van der Waals surface area contributed by atoms with Gasteiger partial charge in [0.2, 0.25) is 0 Å². The quantitative estimate of drug-likeness (QED) is 0.0257. The van der Waals surface area contributed by atoms with Crippen LogP contribution in [0, 0.1) is 0 Å². The van der Waals surface area contributed by atoms with E-state index in [2.05, 4.69) is 41.5 Å². The van der Waals surface area contributed by atoms with Crippen LogP contribution >= 0.6 is 34.0 Å². The Balaban J connectivity index is 0.935. The number of nitrogens with zero attached hydrogens (tertiary/aromatic N) is 6. The molecule has 6 aliphatic heterocycles. The minimum atomic E-state index is -0.524. The van der Waals surface area contributed by atoms with Gasteiger partial charge in [0.25, 0.3) is 70.9 Å². The Morgan fingerprint density at radius 1 is 0.195 bits per heavy atom. The van der Waals surface area contributed by atoms with E-state index in [1.807, 2.05) is 36.4 Å². The van der Waals surface area contributed by atoms with Crippen LogP contribution in [0.2, 0.25) is 0 Å². The largest absolute Gasteiger partial charge is 0.274 e. The van der Waals surface area contributed by atoms with E-state index in [0.29, 0.717) is 100 Å². The van der Waals surface area contributed by atoms with Crippen molar-refractivity contribution >= 4 is 167 Å². The molecule has 21 heteroatoms. The molecule has 0 N–H and O–H groups in total. The van der Waals surface area contributed by atoms with E-state index < -0.39 is 70.9 Å². The fourth-order valence-electron chi connectivity index (χ4n) is 20.0. The van der Waals surface area contributed by atoms with E-state index in [-0.39, 0.29) is 138 Å². The van der Waals surface area contributed by atoms with Gasteiger partial charge in [-0.1, -0.05) is 234 Å². The Morgan fingerprint density at radius 3 is 0.545 bits per heavy atom. The lowest BCUT2D eigenvalue weighted by Crippen LogP contribution is -2.44. The maximum absolute atomic E-state index is 15.9. The van der Waals surface area contributed by atoms with Crippen LogP contribution in [-0.4, -0.2) is 140 Å². The molecule has 0 aliphatic carbocycles. The van der Waals surface area contributed by atoms with Gasteiger partial charge in [-0.25, -0.2) is 0 Å². The Hall–Kier alpha value is -9.96. The molecule has 123 heavy (non-hydrogen) atoms. The van der Waals surface area contributed by atoms with Gasteiger partial charge in [-0.3, -0.25) is 86.9 Å². The number of carbonyl (C=O) groups is 12. The van der Waals surface area contributed by atoms with Gasteiger partial charge in [0.05, 0.1) is 33.4 Å². The highest BCUT2D eigenvalue weighted by Gasteiger charge is 2.47. The first kappa shape index (κ1) is 86.6. The monoisotopic (exact) mass is 1710 g/mol. The minimum absolute atomic E-state index is 0.159. The maximum atomic E-state index is 15.9. The molecule has 10 aromatic rings. The lowest BCUT2D eigenvalue weighted by atomic mass is 9.84. The number of benzene rings is 7. The summed E-state index contributed by atoms with van der Waals surface area (Å²) >= 11 is 3.87. The highest BCUT2D eigenvalue weighted by atomic mass is 32.1. The Labute approximate surface area is 732 Å². The van der Waals surface area contributed by atoms with Gasteiger partial charge in [-0.15, -0.1) is 34.0 Å². The number of amides is 12. The summed E-state index contributed by atoms with van der Waals surface area (Å²) in [5, 5.41) is 2.92. The summed E-state index contributed by atoms with van der Waals surface area (Å²) in [4.78, 5) is 196. The Morgan fingerprint density at radius 2 is 0.358 bits per heavy atom. The zero-order valence-corrected chi connectivity index (χ0v) is 74.9. The second kappa shape index (κ2) is 37.9. The van der Waals surface area contributed by atoms with E-state index in [0.717, 1.165) is 193 Å². The predicted octanol–water partition coefficient (Wildman–Crippen LogP) is 25.5. The number of hydrogen-bond acceptors (Lipinski definition) is 15. The standard InChI is InChI=1S/C102H114N6O12S3/c1-7-13-19-25-31-37-49-103-91(109)64-43-46-67-79-76(64)82(97(103)115)70-58-73(121-88(70)85(79)100(118)106(94(67)112)52-40-34-28-22-16-10-4)61-55-62(74-59-71-83-77-65(92(110)104(98(83)116)50-38-32-26-20-14-8-2)44-47-68-80(77)86(89(71)122-74)101(119)107(95(68)113)53-41-35-29-23-17-11-5)57-63(56-61)75-60-72-84-78-66(93(111)105(99(84)117)51-39-33-27-21-15-9-3)45-48-69-81(78)87(90(72)123-75)102(120)108(96(69)114)54-42-36-30-24-18-12-6/h43-48,55-60H,7-42,49-54H2,1-6H3. The third kappa shape index (κ3) is 15.8. The molecule has 6 aliphatic rings. The average molecular weight is 1710 g/mol. The summed E-state index contributed by atoms with van der Waals surface area (Å²) in [6, 6.07) is 21.6. The highest BCUT2D eigenvalue weighted by Crippen LogP contribution is 2.54. The summed E-state index contributed by atoms with van der Waals surface area (Å²) in [7, 11) is 0. The Bertz CT molecular complexity index is 5090. The van der Waals surface area contributed by atoms with Gasteiger partial charge < -0.3 is 0 Å².